The van der Waals surface area contributed by atoms with Crippen LogP contribution in [0, 0.1) is 5.82 Å². The third-order valence-corrected chi connectivity index (χ3v) is 3.76. The highest BCUT2D eigenvalue weighted by Crippen LogP contribution is 2.30. The molecule has 1 aliphatic heterocycles. The van der Waals surface area contributed by atoms with Crippen molar-refractivity contribution < 1.29 is 23.8 Å². The maximum Gasteiger partial charge on any atom is 0.410 e. The van der Waals surface area contributed by atoms with Crippen LogP contribution in [-0.2, 0) is 4.74 Å². The third kappa shape index (κ3) is 4.43. The molecule has 1 atom stereocenters. The fraction of sp³-hybridized carbons (Fsp3) is 0.529. The van der Waals surface area contributed by atoms with Crippen molar-refractivity contribution in [3.8, 4) is 0 Å². The van der Waals surface area contributed by atoms with Gasteiger partial charge in [-0.25, -0.2) is 14.0 Å². The Hall–Kier alpha value is -2.11. The fourth-order valence-corrected chi connectivity index (χ4v) is 2.71. The second-order valence-electron chi connectivity index (χ2n) is 6.81. The van der Waals surface area contributed by atoms with Crippen LogP contribution in [0.1, 0.15) is 55.5 Å². The third-order valence-electron chi connectivity index (χ3n) is 3.76. The molecule has 1 aromatic rings. The van der Waals surface area contributed by atoms with E-state index in [1.807, 2.05) is 0 Å². The number of hydrogen-bond acceptors (Lipinski definition) is 3. The van der Waals surface area contributed by atoms with E-state index >= 15 is 0 Å². The van der Waals surface area contributed by atoms with Crippen LogP contribution in [0.15, 0.2) is 18.2 Å². The van der Waals surface area contributed by atoms with Gasteiger partial charge in [0, 0.05) is 19.0 Å². The number of ether oxygens (including phenoxy) is 1. The lowest BCUT2D eigenvalue weighted by atomic mass is 9.89. The molecule has 0 radical (unpaired) electrons. The first-order valence-corrected chi connectivity index (χ1v) is 7.68. The molecule has 1 saturated heterocycles. The molecular weight excluding hydrogens is 301 g/mol. The highest BCUT2D eigenvalue weighted by Gasteiger charge is 2.29. The van der Waals surface area contributed by atoms with E-state index in [-0.39, 0.29) is 11.5 Å². The molecule has 5 nitrogen and oxygen atoms in total. The predicted molar refractivity (Wildman–Crippen MR) is 83.1 cm³/mol. The Morgan fingerprint density at radius 1 is 1.35 bits per heavy atom. The van der Waals surface area contributed by atoms with E-state index in [2.05, 4.69) is 0 Å². The van der Waals surface area contributed by atoms with E-state index in [1.165, 1.54) is 18.2 Å². The fourth-order valence-electron chi connectivity index (χ4n) is 2.71. The van der Waals surface area contributed by atoms with Crippen molar-refractivity contribution in [1.29, 1.82) is 0 Å². The minimum atomic E-state index is -1.09. The van der Waals surface area contributed by atoms with Gasteiger partial charge in [-0.3, -0.25) is 0 Å². The zero-order valence-electron chi connectivity index (χ0n) is 13.6. The van der Waals surface area contributed by atoms with Crippen molar-refractivity contribution in [3.63, 3.8) is 0 Å². The maximum atomic E-state index is 14.1. The maximum absolute atomic E-state index is 14.1. The van der Waals surface area contributed by atoms with Crippen molar-refractivity contribution in [2.24, 2.45) is 0 Å². The largest absolute Gasteiger partial charge is 0.478 e. The number of rotatable bonds is 2. The second kappa shape index (κ2) is 6.56. The number of benzene rings is 1. The Bertz CT molecular complexity index is 609. The summed E-state index contributed by atoms with van der Waals surface area (Å²) in [5.74, 6) is -1.76. The SMILES string of the molecule is CC(C)(C)OC(=O)N1CCCC(c2cc(C(=O)O)ccc2F)C1. The smallest absolute Gasteiger partial charge is 0.410 e. The van der Waals surface area contributed by atoms with E-state index in [0.717, 1.165) is 6.42 Å². The summed E-state index contributed by atoms with van der Waals surface area (Å²) in [6.45, 7) is 6.27. The molecule has 0 aliphatic carbocycles. The molecule has 6 heteroatoms. The monoisotopic (exact) mass is 323 g/mol. The first-order valence-electron chi connectivity index (χ1n) is 7.68. The molecule has 2 rings (SSSR count). The normalized spacial score (nSPS) is 18.6. The van der Waals surface area contributed by atoms with Crippen LogP contribution in [0.5, 0.6) is 0 Å². The Morgan fingerprint density at radius 2 is 2.04 bits per heavy atom. The lowest BCUT2D eigenvalue weighted by molar-refractivity contribution is 0.0197. The van der Waals surface area contributed by atoms with Gasteiger partial charge in [0.25, 0.3) is 0 Å². The number of carboxylic acids is 1. The van der Waals surface area contributed by atoms with E-state index in [1.54, 1.807) is 25.7 Å². The van der Waals surface area contributed by atoms with Crippen molar-refractivity contribution in [2.75, 3.05) is 13.1 Å². The van der Waals surface area contributed by atoms with Gasteiger partial charge < -0.3 is 14.7 Å². The number of amides is 1. The number of hydrogen-bond donors (Lipinski definition) is 1. The molecule has 0 spiro atoms. The lowest BCUT2D eigenvalue weighted by Gasteiger charge is -2.34. The molecule has 126 valence electrons. The zero-order chi connectivity index (χ0) is 17.2. The minimum Gasteiger partial charge on any atom is -0.478 e. The van der Waals surface area contributed by atoms with Gasteiger partial charge in [0.2, 0.25) is 0 Å². The number of carboxylic acid groups (broad SMARTS) is 1. The van der Waals surface area contributed by atoms with E-state index in [0.29, 0.717) is 25.1 Å². The van der Waals surface area contributed by atoms with Gasteiger partial charge in [0.1, 0.15) is 11.4 Å². The standard InChI is InChI=1S/C17H22FNO4/c1-17(2,3)23-16(22)19-8-4-5-12(10-19)13-9-11(15(20)21)6-7-14(13)18/h6-7,9,12H,4-5,8,10H2,1-3H3,(H,20,21). The molecule has 1 unspecified atom stereocenters. The van der Waals surface area contributed by atoms with Gasteiger partial charge in [0.15, 0.2) is 0 Å². The van der Waals surface area contributed by atoms with Crippen molar-refractivity contribution in [2.45, 2.75) is 45.1 Å². The summed E-state index contributed by atoms with van der Waals surface area (Å²) in [6, 6.07) is 3.78. The van der Waals surface area contributed by atoms with Gasteiger partial charge >= 0.3 is 12.1 Å². The summed E-state index contributed by atoms with van der Waals surface area (Å²) in [5, 5.41) is 9.06. The summed E-state index contributed by atoms with van der Waals surface area (Å²) in [4.78, 5) is 24.8. The molecule has 1 N–H and O–H groups in total. The van der Waals surface area contributed by atoms with Gasteiger partial charge in [-0.05, 0) is 57.4 Å². The Morgan fingerprint density at radius 3 is 2.65 bits per heavy atom. The van der Waals surface area contributed by atoms with Gasteiger partial charge in [-0.15, -0.1) is 0 Å². The molecule has 1 heterocycles. The van der Waals surface area contributed by atoms with Gasteiger partial charge in [-0.1, -0.05) is 0 Å². The average molecular weight is 323 g/mol. The van der Waals surface area contributed by atoms with Crippen LogP contribution in [-0.4, -0.2) is 40.8 Å². The number of piperidine rings is 1. The van der Waals surface area contributed by atoms with Crippen LogP contribution in [0.3, 0.4) is 0 Å². The molecule has 1 aromatic carbocycles. The minimum absolute atomic E-state index is 0.0517. The molecule has 1 fully saturated rings. The van der Waals surface area contributed by atoms with Crippen LogP contribution >= 0.6 is 0 Å². The summed E-state index contributed by atoms with van der Waals surface area (Å²) >= 11 is 0. The molecule has 23 heavy (non-hydrogen) atoms. The van der Waals surface area contributed by atoms with Crippen molar-refractivity contribution in [1.82, 2.24) is 4.90 Å². The first kappa shape index (κ1) is 17.2. The first-order chi connectivity index (χ1) is 10.7. The highest BCUT2D eigenvalue weighted by molar-refractivity contribution is 5.87. The summed E-state index contributed by atoms with van der Waals surface area (Å²) < 4.78 is 19.4. The summed E-state index contributed by atoms with van der Waals surface area (Å²) in [5.41, 5.74) is -0.188. The van der Waals surface area contributed by atoms with Gasteiger partial charge in [-0.2, -0.15) is 0 Å². The lowest BCUT2D eigenvalue weighted by Crippen LogP contribution is -2.42. The summed E-state index contributed by atoms with van der Waals surface area (Å²) in [7, 11) is 0. The Labute approximate surface area is 135 Å². The summed E-state index contributed by atoms with van der Waals surface area (Å²) in [6.07, 6.45) is 1.01. The Balaban J connectivity index is 2.17. The topological polar surface area (TPSA) is 66.8 Å². The predicted octanol–water partition coefficient (Wildman–Crippen LogP) is 3.64. The number of aromatic carboxylic acids is 1. The molecule has 0 bridgehead atoms. The van der Waals surface area contributed by atoms with Crippen LogP contribution in [0.25, 0.3) is 0 Å². The zero-order valence-corrected chi connectivity index (χ0v) is 13.6. The van der Waals surface area contributed by atoms with Gasteiger partial charge in [0.05, 0.1) is 5.56 Å². The van der Waals surface area contributed by atoms with Crippen molar-refractivity contribution in [3.05, 3.63) is 35.1 Å². The molecule has 0 aromatic heterocycles. The Kier molecular flexibility index (Phi) is 4.92. The number of carbonyl (C=O) groups is 2. The van der Waals surface area contributed by atoms with Crippen molar-refractivity contribution >= 4 is 12.1 Å². The van der Waals surface area contributed by atoms with Crippen LogP contribution < -0.4 is 0 Å². The quantitative estimate of drug-likeness (QED) is 0.902. The van der Waals surface area contributed by atoms with Crippen LogP contribution in [0.2, 0.25) is 0 Å². The number of likely N-dealkylation sites (tertiary alicyclic amines) is 1. The van der Waals surface area contributed by atoms with Crippen LogP contribution in [0.4, 0.5) is 9.18 Å². The second-order valence-corrected chi connectivity index (χ2v) is 6.81. The van der Waals surface area contributed by atoms with E-state index < -0.39 is 23.5 Å². The average Bonchev–Trinajstić information content (AvgIpc) is 2.46. The molecular formula is C17H22FNO4. The van der Waals surface area contributed by atoms with E-state index in [4.69, 9.17) is 9.84 Å². The number of carbonyl (C=O) groups excluding carboxylic acids is 1. The molecule has 1 aliphatic rings. The number of halogens is 1. The molecule has 0 saturated carbocycles. The number of nitrogens with zero attached hydrogens (tertiary/aromatic N) is 1. The molecule has 1 amide bonds. The van der Waals surface area contributed by atoms with E-state index in [9.17, 15) is 14.0 Å². The highest BCUT2D eigenvalue weighted by atomic mass is 19.1.